The molecule has 0 aliphatic heterocycles. The van der Waals surface area contributed by atoms with E-state index in [0.29, 0.717) is 0 Å². The molecule has 2 aromatic heterocycles. The lowest BCUT2D eigenvalue weighted by Crippen LogP contribution is -2.21. The van der Waals surface area contributed by atoms with E-state index in [0.717, 1.165) is 28.0 Å². The minimum atomic E-state index is 0.219. The largest absolute Gasteiger partial charge is 0.327 e. The van der Waals surface area contributed by atoms with Crippen molar-refractivity contribution in [2.24, 2.45) is 5.73 Å². The molecule has 0 saturated heterocycles. The third kappa shape index (κ3) is 3.76. The van der Waals surface area contributed by atoms with Crippen LogP contribution in [0.15, 0.2) is 27.7 Å². The van der Waals surface area contributed by atoms with Crippen LogP contribution in [0.4, 0.5) is 0 Å². The number of rotatable bonds is 5. The molecule has 0 fully saturated rings. The fourth-order valence-corrected chi connectivity index (χ4v) is 2.99. The molecular formula is C12H16N4S2. The van der Waals surface area contributed by atoms with E-state index in [-0.39, 0.29) is 6.04 Å². The van der Waals surface area contributed by atoms with Crippen LogP contribution in [-0.4, -0.2) is 20.4 Å². The van der Waals surface area contributed by atoms with Crippen LogP contribution in [0.3, 0.4) is 0 Å². The van der Waals surface area contributed by atoms with E-state index >= 15 is 0 Å². The number of aryl methyl sites for hydroxylation is 1. The molecule has 0 spiro atoms. The summed E-state index contributed by atoms with van der Waals surface area (Å²) in [5.41, 5.74) is 7.10. The summed E-state index contributed by atoms with van der Waals surface area (Å²) in [7, 11) is 0. The van der Waals surface area contributed by atoms with Crippen molar-refractivity contribution >= 4 is 23.3 Å². The molecule has 1 atom stereocenters. The SMILES string of the molecule is CCC(N)Cc1ccc(Sc2nc(C)ns2)nc1. The summed E-state index contributed by atoms with van der Waals surface area (Å²) in [5.74, 6) is 0.813. The Labute approximate surface area is 115 Å². The van der Waals surface area contributed by atoms with Crippen LogP contribution in [0.2, 0.25) is 0 Å². The second-order valence-corrected chi connectivity index (χ2v) is 6.11. The first kappa shape index (κ1) is 13.5. The van der Waals surface area contributed by atoms with Crippen molar-refractivity contribution in [3.8, 4) is 0 Å². The maximum absolute atomic E-state index is 5.92. The quantitative estimate of drug-likeness (QED) is 0.912. The predicted octanol–water partition coefficient (Wildman–Crippen LogP) is 2.67. The van der Waals surface area contributed by atoms with E-state index < -0.39 is 0 Å². The topological polar surface area (TPSA) is 64.7 Å². The number of hydrogen-bond donors (Lipinski definition) is 1. The summed E-state index contributed by atoms with van der Waals surface area (Å²) in [6.07, 6.45) is 3.76. The Hall–Kier alpha value is -0.980. The van der Waals surface area contributed by atoms with Crippen LogP contribution >= 0.6 is 23.3 Å². The van der Waals surface area contributed by atoms with Crippen LogP contribution in [0.1, 0.15) is 24.7 Å². The third-order valence-corrected chi connectivity index (χ3v) is 4.31. The minimum absolute atomic E-state index is 0.219. The molecule has 1 unspecified atom stereocenters. The Bertz CT molecular complexity index is 495. The van der Waals surface area contributed by atoms with E-state index in [9.17, 15) is 0 Å². The van der Waals surface area contributed by atoms with Gasteiger partial charge in [0.15, 0.2) is 4.34 Å². The molecule has 18 heavy (non-hydrogen) atoms. The maximum atomic E-state index is 5.92. The van der Waals surface area contributed by atoms with Crippen LogP contribution < -0.4 is 5.73 Å². The fourth-order valence-electron chi connectivity index (χ4n) is 1.45. The van der Waals surface area contributed by atoms with Crippen molar-refractivity contribution < 1.29 is 0 Å². The van der Waals surface area contributed by atoms with E-state index in [1.165, 1.54) is 17.1 Å². The third-order valence-electron chi connectivity index (χ3n) is 2.52. The molecule has 0 radical (unpaired) electrons. The summed E-state index contributed by atoms with van der Waals surface area (Å²) in [6.45, 7) is 3.99. The van der Waals surface area contributed by atoms with Gasteiger partial charge < -0.3 is 5.73 Å². The molecule has 96 valence electrons. The first-order valence-corrected chi connectivity index (χ1v) is 7.45. The molecule has 2 rings (SSSR count). The van der Waals surface area contributed by atoms with Crippen LogP contribution in [0.5, 0.6) is 0 Å². The Morgan fingerprint density at radius 1 is 1.44 bits per heavy atom. The Morgan fingerprint density at radius 3 is 2.83 bits per heavy atom. The monoisotopic (exact) mass is 280 g/mol. The lowest BCUT2D eigenvalue weighted by Gasteiger charge is -2.08. The summed E-state index contributed by atoms with van der Waals surface area (Å²) >= 11 is 2.95. The molecular weight excluding hydrogens is 264 g/mol. The minimum Gasteiger partial charge on any atom is -0.327 e. The second-order valence-electron chi connectivity index (χ2n) is 4.09. The smallest absolute Gasteiger partial charge is 0.176 e. The number of nitrogens with zero attached hydrogens (tertiary/aromatic N) is 3. The lowest BCUT2D eigenvalue weighted by molar-refractivity contribution is 0.644. The van der Waals surface area contributed by atoms with Crippen LogP contribution in [0, 0.1) is 6.92 Å². The molecule has 0 bridgehead atoms. The summed E-state index contributed by atoms with van der Waals surface area (Å²) < 4.78 is 5.07. The average Bonchev–Trinajstić information content (AvgIpc) is 2.77. The van der Waals surface area contributed by atoms with Gasteiger partial charge in [-0.1, -0.05) is 13.0 Å². The molecule has 4 nitrogen and oxygen atoms in total. The van der Waals surface area contributed by atoms with Gasteiger partial charge in [-0.15, -0.1) is 0 Å². The van der Waals surface area contributed by atoms with Gasteiger partial charge in [-0.25, -0.2) is 9.97 Å². The van der Waals surface area contributed by atoms with Crippen molar-refractivity contribution in [3.63, 3.8) is 0 Å². The zero-order chi connectivity index (χ0) is 13.0. The molecule has 6 heteroatoms. The van der Waals surface area contributed by atoms with Gasteiger partial charge in [-0.3, -0.25) is 0 Å². The fraction of sp³-hybridized carbons (Fsp3) is 0.417. The predicted molar refractivity (Wildman–Crippen MR) is 75.0 cm³/mol. The first-order valence-electron chi connectivity index (χ1n) is 5.86. The summed E-state index contributed by atoms with van der Waals surface area (Å²) in [6, 6.07) is 4.31. The first-order chi connectivity index (χ1) is 8.67. The maximum Gasteiger partial charge on any atom is 0.176 e. The van der Waals surface area contributed by atoms with Crippen LogP contribution in [-0.2, 0) is 6.42 Å². The van der Waals surface area contributed by atoms with Crippen LogP contribution in [0.25, 0.3) is 0 Å². The van der Waals surface area contributed by atoms with Gasteiger partial charge in [0.1, 0.15) is 10.9 Å². The standard InChI is InChI=1S/C12H16N4S2/c1-3-10(13)6-9-4-5-11(14-7-9)17-12-15-8(2)16-18-12/h4-5,7,10H,3,6,13H2,1-2H3. The molecule has 0 amide bonds. The van der Waals surface area contributed by atoms with Crippen molar-refractivity contribution in [3.05, 3.63) is 29.7 Å². The van der Waals surface area contributed by atoms with Gasteiger partial charge >= 0.3 is 0 Å². The molecule has 0 aromatic carbocycles. The van der Waals surface area contributed by atoms with E-state index in [4.69, 9.17) is 5.73 Å². The highest BCUT2D eigenvalue weighted by molar-refractivity contribution is 8.00. The van der Waals surface area contributed by atoms with Gasteiger partial charge in [-0.05, 0) is 54.7 Å². The van der Waals surface area contributed by atoms with Crippen molar-refractivity contribution in [2.75, 3.05) is 0 Å². The van der Waals surface area contributed by atoms with E-state index in [1.54, 1.807) is 11.8 Å². The molecule has 0 aliphatic carbocycles. The Balaban J connectivity index is 1.99. The molecule has 2 aromatic rings. The zero-order valence-electron chi connectivity index (χ0n) is 10.5. The molecule has 2 heterocycles. The summed E-state index contributed by atoms with van der Waals surface area (Å²) in [4.78, 5) is 8.72. The highest BCUT2D eigenvalue weighted by Crippen LogP contribution is 2.27. The Kier molecular flexibility index (Phi) is 4.68. The molecule has 0 saturated carbocycles. The number of nitrogens with two attached hydrogens (primary N) is 1. The number of aromatic nitrogens is 3. The average molecular weight is 280 g/mol. The highest BCUT2D eigenvalue weighted by Gasteiger charge is 2.05. The van der Waals surface area contributed by atoms with Gasteiger partial charge in [0.25, 0.3) is 0 Å². The normalized spacial score (nSPS) is 12.6. The van der Waals surface area contributed by atoms with Crippen molar-refractivity contribution in [2.45, 2.75) is 42.1 Å². The highest BCUT2D eigenvalue weighted by atomic mass is 32.2. The zero-order valence-corrected chi connectivity index (χ0v) is 12.1. The van der Waals surface area contributed by atoms with E-state index in [2.05, 4.69) is 27.3 Å². The van der Waals surface area contributed by atoms with Crippen molar-refractivity contribution in [1.82, 2.24) is 14.3 Å². The van der Waals surface area contributed by atoms with Gasteiger partial charge in [-0.2, -0.15) is 4.37 Å². The van der Waals surface area contributed by atoms with Crippen molar-refractivity contribution in [1.29, 1.82) is 0 Å². The van der Waals surface area contributed by atoms with Gasteiger partial charge in [0, 0.05) is 12.2 Å². The van der Waals surface area contributed by atoms with Gasteiger partial charge in [0.05, 0.1) is 0 Å². The molecule has 0 aliphatic rings. The Morgan fingerprint density at radius 2 is 2.28 bits per heavy atom. The second kappa shape index (κ2) is 6.26. The summed E-state index contributed by atoms with van der Waals surface area (Å²) in [5, 5.41) is 0.944. The van der Waals surface area contributed by atoms with E-state index in [1.807, 2.05) is 19.2 Å². The van der Waals surface area contributed by atoms with Gasteiger partial charge in [0.2, 0.25) is 0 Å². The number of pyridine rings is 1. The lowest BCUT2D eigenvalue weighted by atomic mass is 10.1. The number of hydrogen-bond acceptors (Lipinski definition) is 6. The molecule has 2 N–H and O–H groups in total.